The van der Waals surface area contributed by atoms with Crippen molar-refractivity contribution in [3.8, 4) is 5.75 Å². The molecule has 0 N–H and O–H groups in total. The van der Waals surface area contributed by atoms with Crippen LogP contribution in [-0.2, 0) is 9.59 Å². The Morgan fingerprint density at radius 1 is 0.759 bits per heavy atom. The summed E-state index contributed by atoms with van der Waals surface area (Å²) >= 11 is 0. The van der Waals surface area contributed by atoms with Crippen molar-refractivity contribution in [1.82, 2.24) is 0 Å². The van der Waals surface area contributed by atoms with Gasteiger partial charge in [0.15, 0.2) is 11.6 Å². The van der Waals surface area contributed by atoms with E-state index in [1.54, 1.807) is 31.4 Å². The zero-order chi connectivity index (χ0) is 20.8. The van der Waals surface area contributed by atoms with Crippen molar-refractivity contribution < 1.29 is 14.3 Å². The number of unbranched alkanes of at least 4 members (excludes halogenated alkanes) is 2. The Balaban J connectivity index is 1.71. The summed E-state index contributed by atoms with van der Waals surface area (Å²) in [5, 5.41) is 0. The lowest BCUT2D eigenvalue weighted by atomic mass is 9.66. The minimum absolute atomic E-state index is 0.0123. The molecule has 154 valence electrons. The Hall–Kier alpha value is -2.62. The van der Waals surface area contributed by atoms with Crippen LogP contribution in [0, 0.1) is 0 Å². The van der Waals surface area contributed by atoms with E-state index in [-0.39, 0.29) is 11.6 Å². The normalized spacial score (nSPS) is 18.4. The first-order chi connectivity index (χ1) is 14.1. The highest BCUT2D eigenvalue weighted by molar-refractivity contribution is 6.31. The third-order valence-electron chi connectivity index (χ3n) is 5.74. The van der Waals surface area contributed by atoms with Crippen LogP contribution in [0.3, 0.4) is 0 Å². The molecule has 4 heteroatoms. The molecule has 0 spiro atoms. The van der Waals surface area contributed by atoms with Crippen LogP contribution in [0.1, 0.15) is 62.5 Å². The average molecular weight is 394 g/mol. The Morgan fingerprint density at radius 3 is 1.62 bits per heavy atom. The number of carbonyl (C=O) groups excluding carboxylic acids is 2. The van der Waals surface area contributed by atoms with Crippen molar-refractivity contribution in [2.75, 3.05) is 25.1 Å². The summed E-state index contributed by atoms with van der Waals surface area (Å²) < 4.78 is 5.15. The first-order valence-electron chi connectivity index (χ1n) is 10.7. The van der Waals surface area contributed by atoms with E-state index < -0.39 is 11.8 Å². The minimum atomic E-state index is -0.642. The highest BCUT2D eigenvalue weighted by atomic mass is 16.5. The lowest BCUT2D eigenvalue weighted by Gasteiger charge is -2.33. The fourth-order valence-electron chi connectivity index (χ4n) is 3.92. The van der Waals surface area contributed by atoms with E-state index in [4.69, 9.17) is 4.74 Å². The number of hydrogen-bond acceptors (Lipinski definition) is 4. The Labute approximate surface area is 173 Å². The molecule has 0 heterocycles. The van der Waals surface area contributed by atoms with Crippen LogP contribution in [0.25, 0.3) is 0 Å². The fourth-order valence-corrected chi connectivity index (χ4v) is 3.92. The summed E-state index contributed by atoms with van der Waals surface area (Å²) in [7, 11) is 1.60. The van der Waals surface area contributed by atoms with E-state index >= 15 is 0 Å². The Kier molecular flexibility index (Phi) is 7.08. The van der Waals surface area contributed by atoms with Crippen molar-refractivity contribution in [3.63, 3.8) is 0 Å². The molecule has 0 aliphatic heterocycles. The van der Waals surface area contributed by atoms with Crippen LogP contribution < -0.4 is 9.64 Å². The number of methoxy groups -OCH3 is 1. The average Bonchev–Trinajstić information content (AvgIpc) is 2.75. The molecule has 0 unspecified atom stereocenters. The molecule has 0 atom stereocenters. The van der Waals surface area contributed by atoms with Crippen LogP contribution >= 0.6 is 0 Å². The standard InChI is InChI=1S/C25H31NO3/c1-4-6-16-26(17-7-5-2)20-12-8-18(9-13-20)22-24(27)23(25(22)28)19-10-14-21(29-3)15-11-19/h8-15,22-23H,4-7,16-17H2,1-3H3. The quantitative estimate of drug-likeness (QED) is 0.526. The fraction of sp³-hybridized carbons (Fsp3) is 0.440. The van der Waals surface area contributed by atoms with E-state index in [1.807, 2.05) is 12.1 Å². The molecule has 2 aromatic carbocycles. The summed E-state index contributed by atoms with van der Waals surface area (Å²) in [5.41, 5.74) is 2.72. The topological polar surface area (TPSA) is 46.6 Å². The monoisotopic (exact) mass is 393 g/mol. The largest absolute Gasteiger partial charge is 0.497 e. The number of hydrogen-bond donors (Lipinski definition) is 0. The molecule has 1 saturated carbocycles. The molecule has 2 aromatic rings. The van der Waals surface area contributed by atoms with Gasteiger partial charge in [-0.1, -0.05) is 51.0 Å². The number of nitrogens with zero attached hydrogens (tertiary/aromatic N) is 1. The van der Waals surface area contributed by atoms with Crippen LogP contribution in [0.4, 0.5) is 5.69 Å². The van der Waals surface area contributed by atoms with Crippen LogP contribution in [0.2, 0.25) is 0 Å². The molecule has 0 saturated heterocycles. The van der Waals surface area contributed by atoms with Gasteiger partial charge in [-0.3, -0.25) is 9.59 Å². The predicted molar refractivity (Wildman–Crippen MR) is 117 cm³/mol. The molecule has 0 bridgehead atoms. The van der Waals surface area contributed by atoms with Gasteiger partial charge in [-0.15, -0.1) is 0 Å². The van der Waals surface area contributed by atoms with E-state index in [0.717, 1.165) is 42.8 Å². The summed E-state index contributed by atoms with van der Waals surface area (Å²) in [4.78, 5) is 27.9. The van der Waals surface area contributed by atoms with E-state index in [1.165, 1.54) is 18.5 Å². The van der Waals surface area contributed by atoms with Gasteiger partial charge in [0.1, 0.15) is 17.6 Å². The van der Waals surface area contributed by atoms with Crippen molar-refractivity contribution in [1.29, 1.82) is 0 Å². The van der Waals surface area contributed by atoms with Crippen molar-refractivity contribution >= 4 is 17.3 Å². The van der Waals surface area contributed by atoms with Gasteiger partial charge in [0.25, 0.3) is 0 Å². The molecule has 0 aromatic heterocycles. The summed E-state index contributed by atoms with van der Waals surface area (Å²) in [6.45, 7) is 6.48. The molecule has 4 nitrogen and oxygen atoms in total. The van der Waals surface area contributed by atoms with Crippen molar-refractivity contribution in [3.05, 3.63) is 59.7 Å². The molecular weight excluding hydrogens is 362 g/mol. The molecule has 1 aliphatic carbocycles. The van der Waals surface area contributed by atoms with Crippen molar-refractivity contribution in [2.24, 2.45) is 0 Å². The zero-order valence-electron chi connectivity index (χ0n) is 17.7. The van der Waals surface area contributed by atoms with Gasteiger partial charge >= 0.3 is 0 Å². The zero-order valence-corrected chi connectivity index (χ0v) is 17.7. The highest BCUT2D eigenvalue weighted by Gasteiger charge is 2.50. The highest BCUT2D eigenvalue weighted by Crippen LogP contribution is 2.41. The minimum Gasteiger partial charge on any atom is -0.497 e. The Bertz CT molecular complexity index is 802. The number of carbonyl (C=O) groups is 2. The van der Waals surface area contributed by atoms with Gasteiger partial charge in [0, 0.05) is 18.8 Å². The third kappa shape index (κ3) is 4.52. The van der Waals surface area contributed by atoms with Gasteiger partial charge < -0.3 is 9.64 Å². The second-order valence-corrected chi connectivity index (χ2v) is 7.73. The first-order valence-corrected chi connectivity index (χ1v) is 10.7. The summed E-state index contributed by atoms with van der Waals surface area (Å²) in [6.07, 6.45) is 4.65. The maximum atomic E-state index is 12.8. The van der Waals surface area contributed by atoms with Gasteiger partial charge in [0.2, 0.25) is 0 Å². The first kappa shape index (κ1) is 21.1. The summed E-state index contributed by atoms with van der Waals surface area (Å²) in [6, 6.07) is 15.2. The maximum absolute atomic E-state index is 12.8. The van der Waals surface area contributed by atoms with E-state index in [0.29, 0.717) is 0 Å². The van der Waals surface area contributed by atoms with E-state index in [2.05, 4.69) is 30.9 Å². The molecule has 0 amide bonds. The second-order valence-electron chi connectivity index (χ2n) is 7.73. The molecule has 1 fully saturated rings. The Morgan fingerprint density at radius 2 is 1.21 bits per heavy atom. The molecule has 1 aliphatic rings. The van der Waals surface area contributed by atoms with Gasteiger partial charge in [-0.25, -0.2) is 0 Å². The lowest BCUT2D eigenvalue weighted by molar-refractivity contribution is -0.142. The van der Waals surface area contributed by atoms with Gasteiger partial charge in [-0.2, -0.15) is 0 Å². The predicted octanol–water partition coefficient (Wildman–Crippen LogP) is 5.12. The van der Waals surface area contributed by atoms with Crippen LogP contribution in [0.15, 0.2) is 48.5 Å². The lowest BCUT2D eigenvalue weighted by Crippen LogP contribution is -2.44. The number of ketones is 2. The smallest absolute Gasteiger partial charge is 0.162 e. The number of ether oxygens (including phenoxy) is 1. The number of rotatable bonds is 10. The van der Waals surface area contributed by atoms with Gasteiger partial charge in [-0.05, 0) is 48.2 Å². The molecule has 29 heavy (non-hydrogen) atoms. The van der Waals surface area contributed by atoms with Crippen molar-refractivity contribution in [2.45, 2.75) is 51.4 Å². The molecule has 3 rings (SSSR count). The number of benzene rings is 2. The second kappa shape index (κ2) is 9.73. The maximum Gasteiger partial charge on any atom is 0.162 e. The van der Waals surface area contributed by atoms with Crippen LogP contribution in [0.5, 0.6) is 5.75 Å². The van der Waals surface area contributed by atoms with Crippen LogP contribution in [-0.4, -0.2) is 31.8 Å². The van der Waals surface area contributed by atoms with E-state index in [9.17, 15) is 9.59 Å². The number of Topliss-reactive ketones (excluding diaryl/α,β-unsaturated/α-hetero) is 2. The van der Waals surface area contributed by atoms with Gasteiger partial charge in [0.05, 0.1) is 7.11 Å². The third-order valence-corrected chi connectivity index (χ3v) is 5.74. The summed E-state index contributed by atoms with van der Waals surface area (Å²) in [5.74, 6) is -0.577. The molecule has 0 radical (unpaired) electrons. The SMILES string of the molecule is CCCCN(CCCC)c1ccc(C2C(=O)C(c3ccc(OC)cc3)C2=O)cc1. The molecular formula is C25H31NO3. The number of anilines is 1.